The Morgan fingerprint density at radius 1 is 1.27 bits per heavy atom. The number of carbonyl (C=O) groups excluding carboxylic acids is 1. The van der Waals surface area contributed by atoms with Gasteiger partial charge in [-0.1, -0.05) is 23.7 Å². The summed E-state index contributed by atoms with van der Waals surface area (Å²) in [6, 6.07) is 12.7. The van der Waals surface area contributed by atoms with E-state index < -0.39 is 5.92 Å². The minimum Gasteiger partial charge on any atom is -0.454 e. The molecule has 0 radical (unpaired) electrons. The summed E-state index contributed by atoms with van der Waals surface area (Å²) < 4.78 is 11.5. The number of carbonyl (C=O) groups is 1. The first-order valence-corrected chi connectivity index (χ1v) is 8.91. The molecule has 3 aromatic rings. The van der Waals surface area contributed by atoms with Crippen molar-refractivity contribution in [1.29, 1.82) is 5.26 Å². The third kappa shape index (κ3) is 3.15. The van der Waals surface area contributed by atoms with Crippen LogP contribution in [0.25, 0.3) is 16.3 Å². The van der Waals surface area contributed by atoms with E-state index in [1.807, 2.05) is 18.2 Å². The smallest absolute Gasteiger partial charge is 0.231 e. The molecular weight excluding hydrogens is 372 g/mol. The second-order valence-electron chi connectivity index (χ2n) is 5.57. The average molecular weight is 383 g/mol. The first-order valence-electron chi connectivity index (χ1n) is 7.71. The lowest BCUT2D eigenvalue weighted by atomic mass is 10.1. The van der Waals surface area contributed by atoms with Crippen molar-refractivity contribution in [1.82, 2.24) is 4.98 Å². The number of hydrogen-bond donors (Lipinski definition) is 0. The van der Waals surface area contributed by atoms with Crippen molar-refractivity contribution >= 4 is 45.0 Å². The molecule has 0 saturated carbocycles. The molecule has 1 aliphatic rings. The second kappa shape index (κ2) is 6.79. The highest BCUT2D eigenvalue weighted by Gasteiger charge is 2.22. The Balaban J connectivity index is 1.57. The molecule has 0 amide bonds. The number of ketones is 1. The fourth-order valence-electron chi connectivity index (χ4n) is 2.57. The van der Waals surface area contributed by atoms with Crippen molar-refractivity contribution in [3.05, 3.63) is 58.1 Å². The first kappa shape index (κ1) is 16.6. The van der Waals surface area contributed by atoms with E-state index in [0.717, 1.165) is 10.3 Å². The number of benzene rings is 2. The quantitative estimate of drug-likeness (QED) is 0.618. The Hall–Kier alpha value is -2.88. The number of hydrogen-bond acceptors (Lipinski definition) is 6. The molecule has 1 aliphatic heterocycles. The molecule has 0 saturated heterocycles. The van der Waals surface area contributed by atoms with E-state index in [0.29, 0.717) is 27.0 Å². The summed E-state index contributed by atoms with van der Waals surface area (Å²) in [6.45, 7) is 0.194. The fraction of sp³-hybridized carbons (Fsp3) is 0.105. The van der Waals surface area contributed by atoms with Gasteiger partial charge in [-0.05, 0) is 42.0 Å². The average Bonchev–Trinajstić information content (AvgIpc) is 3.26. The van der Waals surface area contributed by atoms with Gasteiger partial charge in [-0.3, -0.25) is 4.79 Å². The molecule has 1 aromatic heterocycles. The lowest BCUT2D eigenvalue weighted by Crippen LogP contribution is -2.07. The van der Waals surface area contributed by atoms with E-state index in [2.05, 4.69) is 4.98 Å². The molecule has 2 heterocycles. The molecule has 0 fully saturated rings. The standard InChI is InChI=1S/C19H11ClN2O3S/c20-12-3-6-18-14(8-12)22-19(26-18)13(9-21)15(23)4-1-11-2-5-16-17(7-11)25-10-24-16/h1-8,13H,10H2/b4-1+. The lowest BCUT2D eigenvalue weighted by molar-refractivity contribution is -0.114. The highest BCUT2D eigenvalue weighted by molar-refractivity contribution is 7.18. The maximum absolute atomic E-state index is 12.5. The summed E-state index contributed by atoms with van der Waals surface area (Å²) >= 11 is 7.29. The van der Waals surface area contributed by atoms with Crippen LogP contribution in [0.3, 0.4) is 0 Å². The van der Waals surface area contributed by atoms with Crippen molar-refractivity contribution in [3.63, 3.8) is 0 Å². The Kier molecular flexibility index (Phi) is 4.33. The zero-order chi connectivity index (χ0) is 18.1. The number of aromatic nitrogens is 1. The topological polar surface area (TPSA) is 72.2 Å². The molecule has 26 heavy (non-hydrogen) atoms. The van der Waals surface area contributed by atoms with Gasteiger partial charge in [-0.15, -0.1) is 11.3 Å². The van der Waals surface area contributed by atoms with Gasteiger partial charge < -0.3 is 9.47 Å². The summed E-state index contributed by atoms with van der Waals surface area (Å²) in [5.41, 5.74) is 1.47. The number of allylic oxidation sites excluding steroid dienone is 1. The molecule has 7 heteroatoms. The monoisotopic (exact) mass is 382 g/mol. The van der Waals surface area contributed by atoms with E-state index in [-0.39, 0.29) is 12.6 Å². The highest BCUT2D eigenvalue weighted by Crippen LogP contribution is 2.33. The Labute approximate surface area is 158 Å². The molecule has 0 bridgehead atoms. The summed E-state index contributed by atoms with van der Waals surface area (Å²) in [4.78, 5) is 16.9. The SMILES string of the molecule is N#CC(C(=O)/C=C/c1ccc2c(c1)OCO2)c1nc2cc(Cl)ccc2s1. The number of fused-ring (bicyclic) bond motifs is 2. The number of rotatable bonds is 4. The van der Waals surface area contributed by atoms with Gasteiger partial charge in [0.15, 0.2) is 23.2 Å². The molecule has 4 rings (SSSR count). The maximum atomic E-state index is 12.5. The molecule has 0 N–H and O–H groups in total. The van der Waals surface area contributed by atoms with Gasteiger partial charge in [0.25, 0.3) is 0 Å². The lowest BCUT2D eigenvalue weighted by Gasteiger charge is -2.01. The summed E-state index contributed by atoms with van der Waals surface area (Å²) in [6.07, 6.45) is 3.04. The Bertz CT molecular complexity index is 1080. The van der Waals surface area contributed by atoms with E-state index in [4.69, 9.17) is 21.1 Å². The third-order valence-electron chi connectivity index (χ3n) is 3.86. The summed E-state index contributed by atoms with van der Waals surface area (Å²) in [5.74, 6) is 0.0442. The Morgan fingerprint density at radius 2 is 2.12 bits per heavy atom. The summed E-state index contributed by atoms with van der Waals surface area (Å²) in [7, 11) is 0. The van der Waals surface area contributed by atoms with Crippen LogP contribution in [0, 0.1) is 11.3 Å². The van der Waals surface area contributed by atoms with Crippen LogP contribution in [0.15, 0.2) is 42.5 Å². The van der Waals surface area contributed by atoms with Gasteiger partial charge in [0.05, 0.1) is 16.3 Å². The van der Waals surface area contributed by atoms with Crippen molar-refractivity contribution < 1.29 is 14.3 Å². The van der Waals surface area contributed by atoms with Crippen LogP contribution in [0.2, 0.25) is 5.02 Å². The van der Waals surface area contributed by atoms with Crippen molar-refractivity contribution in [2.75, 3.05) is 6.79 Å². The third-order valence-corrected chi connectivity index (χ3v) is 5.20. The van der Waals surface area contributed by atoms with Crippen LogP contribution in [-0.4, -0.2) is 17.6 Å². The fourth-order valence-corrected chi connectivity index (χ4v) is 3.74. The Morgan fingerprint density at radius 3 is 2.96 bits per heavy atom. The molecule has 1 atom stereocenters. The van der Waals surface area contributed by atoms with E-state index in [9.17, 15) is 10.1 Å². The normalized spacial score (nSPS) is 13.8. The highest BCUT2D eigenvalue weighted by atomic mass is 35.5. The zero-order valence-electron chi connectivity index (χ0n) is 13.3. The van der Waals surface area contributed by atoms with Gasteiger partial charge in [-0.2, -0.15) is 5.26 Å². The van der Waals surface area contributed by atoms with E-state index in [1.165, 1.54) is 17.4 Å². The number of nitriles is 1. The largest absolute Gasteiger partial charge is 0.454 e. The van der Waals surface area contributed by atoms with E-state index >= 15 is 0 Å². The van der Waals surface area contributed by atoms with Gasteiger partial charge in [0, 0.05) is 5.02 Å². The maximum Gasteiger partial charge on any atom is 0.231 e. The van der Waals surface area contributed by atoms with Crippen molar-refractivity contribution in [3.8, 4) is 17.6 Å². The van der Waals surface area contributed by atoms with Crippen LogP contribution in [-0.2, 0) is 4.79 Å². The number of thiazole rings is 1. The van der Waals surface area contributed by atoms with E-state index in [1.54, 1.807) is 30.3 Å². The van der Waals surface area contributed by atoms with Crippen molar-refractivity contribution in [2.24, 2.45) is 0 Å². The van der Waals surface area contributed by atoms with Gasteiger partial charge in [-0.25, -0.2) is 4.98 Å². The second-order valence-corrected chi connectivity index (χ2v) is 7.07. The number of nitrogens with zero attached hydrogens (tertiary/aromatic N) is 2. The van der Waals surface area contributed by atoms with Crippen LogP contribution in [0.4, 0.5) is 0 Å². The van der Waals surface area contributed by atoms with Crippen LogP contribution < -0.4 is 9.47 Å². The van der Waals surface area contributed by atoms with Crippen molar-refractivity contribution in [2.45, 2.75) is 5.92 Å². The number of ether oxygens (including phenoxy) is 2. The molecule has 5 nitrogen and oxygen atoms in total. The molecule has 0 spiro atoms. The minimum atomic E-state index is -0.948. The van der Waals surface area contributed by atoms with Gasteiger partial charge in [0.2, 0.25) is 6.79 Å². The van der Waals surface area contributed by atoms with Gasteiger partial charge in [0.1, 0.15) is 5.01 Å². The minimum absolute atomic E-state index is 0.194. The molecule has 0 aliphatic carbocycles. The molecule has 1 unspecified atom stereocenters. The molecule has 2 aromatic carbocycles. The van der Waals surface area contributed by atoms with Gasteiger partial charge >= 0.3 is 0 Å². The summed E-state index contributed by atoms with van der Waals surface area (Å²) in [5, 5.41) is 10.5. The van der Waals surface area contributed by atoms with Crippen LogP contribution >= 0.6 is 22.9 Å². The molecular formula is C19H11ClN2O3S. The predicted octanol–water partition coefficient (Wildman–Crippen LogP) is 4.57. The van der Waals surface area contributed by atoms with Crippen LogP contribution in [0.5, 0.6) is 11.5 Å². The predicted molar refractivity (Wildman–Crippen MR) is 99.6 cm³/mol. The van der Waals surface area contributed by atoms with Crippen LogP contribution in [0.1, 0.15) is 16.5 Å². The first-order chi connectivity index (χ1) is 12.6. The number of halogens is 1. The zero-order valence-corrected chi connectivity index (χ0v) is 14.9. The molecule has 128 valence electrons.